The summed E-state index contributed by atoms with van der Waals surface area (Å²) in [6.45, 7) is 2.05. The van der Waals surface area contributed by atoms with Crippen molar-refractivity contribution in [2.75, 3.05) is 7.11 Å². The van der Waals surface area contributed by atoms with Gasteiger partial charge in [-0.3, -0.25) is 4.40 Å². The maximum atomic E-state index is 11.5. The van der Waals surface area contributed by atoms with Gasteiger partial charge in [-0.15, -0.1) is 0 Å². The van der Waals surface area contributed by atoms with Gasteiger partial charge in [-0.05, 0) is 24.6 Å². The highest BCUT2D eigenvalue weighted by Crippen LogP contribution is 2.23. The van der Waals surface area contributed by atoms with Crippen molar-refractivity contribution < 1.29 is 9.53 Å². The van der Waals surface area contributed by atoms with Crippen molar-refractivity contribution in [2.45, 2.75) is 6.92 Å². The monoisotopic (exact) mass is 266 g/mol. The average Bonchev–Trinajstić information content (AvgIpc) is 2.90. The number of ether oxygens (including phenoxy) is 1. The minimum atomic E-state index is -0.342. The highest BCUT2D eigenvalue weighted by Gasteiger charge is 2.11. The molecule has 0 amide bonds. The van der Waals surface area contributed by atoms with Crippen LogP contribution in [0.15, 0.2) is 48.8 Å². The molecular weight excluding hydrogens is 252 g/mol. The second-order valence-corrected chi connectivity index (χ2v) is 4.60. The Hall–Kier alpha value is -2.62. The Labute approximate surface area is 116 Å². The van der Waals surface area contributed by atoms with E-state index in [2.05, 4.69) is 18.0 Å². The van der Waals surface area contributed by atoms with Crippen molar-refractivity contribution in [2.24, 2.45) is 0 Å². The first-order valence-electron chi connectivity index (χ1n) is 6.32. The molecule has 0 aliphatic rings. The van der Waals surface area contributed by atoms with Gasteiger partial charge < -0.3 is 4.74 Å². The van der Waals surface area contributed by atoms with Gasteiger partial charge >= 0.3 is 5.97 Å². The zero-order valence-electron chi connectivity index (χ0n) is 11.3. The van der Waals surface area contributed by atoms with Gasteiger partial charge in [-0.1, -0.05) is 24.3 Å². The summed E-state index contributed by atoms with van der Waals surface area (Å²) in [6, 6.07) is 11.6. The molecule has 0 saturated carbocycles. The number of rotatable bonds is 2. The van der Waals surface area contributed by atoms with E-state index in [1.165, 1.54) is 7.11 Å². The summed E-state index contributed by atoms with van der Waals surface area (Å²) >= 11 is 0. The van der Waals surface area contributed by atoms with Crippen LogP contribution in [0.25, 0.3) is 16.9 Å². The first-order chi connectivity index (χ1) is 9.70. The van der Waals surface area contributed by atoms with Crippen LogP contribution < -0.4 is 0 Å². The Balaban J connectivity index is 2.16. The van der Waals surface area contributed by atoms with Crippen LogP contribution in [-0.4, -0.2) is 22.5 Å². The average molecular weight is 266 g/mol. The van der Waals surface area contributed by atoms with Crippen LogP contribution in [0.3, 0.4) is 0 Å². The lowest BCUT2D eigenvalue weighted by Gasteiger charge is -2.05. The number of carbonyl (C=O) groups excluding carboxylic acids is 1. The van der Waals surface area contributed by atoms with Gasteiger partial charge in [0.1, 0.15) is 5.82 Å². The Morgan fingerprint density at radius 1 is 1.25 bits per heavy atom. The lowest BCUT2D eigenvalue weighted by atomic mass is 10.1. The molecule has 0 atom stereocenters. The third-order valence-electron chi connectivity index (χ3n) is 3.34. The molecule has 0 spiro atoms. The second kappa shape index (κ2) is 4.81. The number of fused-ring (bicyclic) bond motifs is 1. The molecule has 4 nitrogen and oxygen atoms in total. The SMILES string of the molecule is COC(=O)c1ccn2c(-c3ccccc3C)ncc2c1. The van der Waals surface area contributed by atoms with Gasteiger partial charge in [0.25, 0.3) is 0 Å². The quantitative estimate of drug-likeness (QED) is 0.669. The zero-order valence-corrected chi connectivity index (χ0v) is 11.3. The van der Waals surface area contributed by atoms with Crippen molar-refractivity contribution in [3.8, 4) is 11.4 Å². The van der Waals surface area contributed by atoms with Crippen LogP contribution in [0, 0.1) is 6.92 Å². The van der Waals surface area contributed by atoms with E-state index in [4.69, 9.17) is 4.74 Å². The number of benzene rings is 1. The number of methoxy groups -OCH3 is 1. The summed E-state index contributed by atoms with van der Waals surface area (Å²) in [5, 5.41) is 0. The van der Waals surface area contributed by atoms with Crippen LogP contribution in [0.1, 0.15) is 15.9 Å². The molecule has 1 aromatic carbocycles. The zero-order chi connectivity index (χ0) is 14.1. The summed E-state index contributed by atoms with van der Waals surface area (Å²) in [7, 11) is 1.38. The van der Waals surface area contributed by atoms with E-state index in [0.717, 1.165) is 22.5 Å². The van der Waals surface area contributed by atoms with Gasteiger partial charge in [-0.2, -0.15) is 0 Å². The fourth-order valence-electron chi connectivity index (χ4n) is 2.27. The number of nitrogens with zero attached hydrogens (tertiary/aromatic N) is 2. The molecule has 0 radical (unpaired) electrons. The summed E-state index contributed by atoms with van der Waals surface area (Å²) in [6.07, 6.45) is 3.60. The molecule has 20 heavy (non-hydrogen) atoms. The first-order valence-corrected chi connectivity index (χ1v) is 6.32. The molecule has 3 aromatic rings. The predicted octanol–water partition coefficient (Wildman–Crippen LogP) is 3.10. The lowest BCUT2D eigenvalue weighted by Crippen LogP contribution is -2.02. The van der Waals surface area contributed by atoms with E-state index >= 15 is 0 Å². The van der Waals surface area contributed by atoms with Crippen molar-refractivity contribution in [1.29, 1.82) is 0 Å². The van der Waals surface area contributed by atoms with E-state index in [-0.39, 0.29) is 5.97 Å². The minimum Gasteiger partial charge on any atom is -0.465 e. The van der Waals surface area contributed by atoms with Crippen molar-refractivity contribution in [3.63, 3.8) is 0 Å². The number of hydrogen-bond acceptors (Lipinski definition) is 3. The molecule has 0 N–H and O–H groups in total. The summed E-state index contributed by atoms with van der Waals surface area (Å²) in [4.78, 5) is 16.0. The van der Waals surface area contributed by atoms with Crippen molar-refractivity contribution in [1.82, 2.24) is 9.38 Å². The largest absolute Gasteiger partial charge is 0.465 e. The fourth-order valence-corrected chi connectivity index (χ4v) is 2.27. The maximum Gasteiger partial charge on any atom is 0.337 e. The number of aryl methyl sites for hydroxylation is 1. The number of hydrogen-bond donors (Lipinski definition) is 0. The number of imidazole rings is 1. The third-order valence-corrected chi connectivity index (χ3v) is 3.34. The molecule has 0 aliphatic heterocycles. The Kier molecular flexibility index (Phi) is 2.99. The van der Waals surface area contributed by atoms with Gasteiger partial charge in [0.05, 0.1) is 24.4 Å². The van der Waals surface area contributed by atoms with Gasteiger partial charge in [0.2, 0.25) is 0 Å². The molecule has 0 saturated heterocycles. The van der Waals surface area contributed by atoms with Crippen molar-refractivity contribution in [3.05, 3.63) is 59.9 Å². The molecule has 0 unspecified atom stereocenters. The molecule has 2 heterocycles. The molecular formula is C16H14N2O2. The number of carbonyl (C=O) groups is 1. The Morgan fingerprint density at radius 2 is 2.05 bits per heavy atom. The molecule has 0 aliphatic carbocycles. The lowest BCUT2D eigenvalue weighted by molar-refractivity contribution is 0.0600. The third kappa shape index (κ3) is 1.95. The van der Waals surface area contributed by atoms with Crippen molar-refractivity contribution >= 4 is 11.5 Å². The topological polar surface area (TPSA) is 43.6 Å². The summed E-state index contributed by atoms with van der Waals surface area (Å²) in [5.41, 5.74) is 3.64. The Morgan fingerprint density at radius 3 is 2.80 bits per heavy atom. The molecule has 2 aromatic heterocycles. The summed E-state index contributed by atoms with van der Waals surface area (Å²) in [5.74, 6) is 0.528. The van der Waals surface area contributed by atoms with E-state index in [0.29, 0.717) is 5.56 Å². The molecule has 100 valence electrons. The number of pyridine rings is 1. The van der Waals surface area contributed by atoms with Crippen LogP contribution >= 0.6 is 0 Å². The van der Waals surface area contributed by atoms with Gasteiger partial charge in [0.15, 0.2) is 0 Å². The second-order valence-electron chi connectivity index (χ2n) is 4.60. The van der Waals surface area contributed by atoms with Crippen LogP contribution in [0.2, 0.25) is 0 Å². The van der Waals surface area contributed by atoms with E-state index in [9.17, 15) is 4.79 Å². The predicted molar refractivity (Wildman–Crippen MR) is 76.7 cm³/mol. The first kappa shape index (κ1) is 12.4. The maximum absolute atomic E-state index is 11.5. The highest BCUT2D eigenvalue weighted by atomic mass is 16.5. The molecule has 0 fully saturated rings. The van der Waals surface area contributed by atoms with Gasteiger partial charge in [-0.25, -0.2) is 9.78 Å². The normalized spacial score (nSPS) is 10.7. The van der Waals surface area contributed by atoms with Crippen LogP contribution in [0.5, 0.6) is 0 Å². The summed E-state index contributed by atoms with van der Waals surface area (Å²) < 4.78 is 6.69. The van der Waals surface area contributed by atoms with E-state index in [1.54, 1.807) is 18.3 Å². The van der Waals surface area contributed by atoms with E-state index < -0.39 is 0 Å². The van der Waals surface area contributed by atoms with Crippen LogP contribution in [0.4, 0.5) is 0 Å². The fraction of sp³-hybridized carbons (Fsp3) is 0.125. The molecule has 0 bridgehead atoms. The number of esters is 1. The van der Waals surface area contributed by atoms with Gasteiger partial charge in [0, 0.05) is 11.8 Å². The smallest absolute Gasteiger partial charge is 0.337 e. The Bertz CT molecular complexity index is 790. The standard InChI is InChI=1S/C16H14N2O2/c1-11-5-3-4-6-14(11)15-17-10-13-9-12(16(19)20-2)7-8-18(13)15/h3-10H,1-2H3. The molecule has 3 rings (SSSR count). The number of aromatic nitrogens is 2. The minimum absolute atomic E-state index is 0.342. The molecule has 4 heteroatoms. The highest BCUT2D eigenvalue weighted by molar-refractivity contribution is 5.90. The van der Waals surface area contributed by atoms with E-state index in [1.807, 2.05) is 28.8 Å². The van der Waals surface area contributed by atoms with Crippen LogP contribution in [-0.2, 0) is 4.74 Å².